The number of carbonyl (C=O) groups is 4. The topological polar surface area (TPSA) is 211 Å². The second-order valence-electron chi connectivity index (χ2n) is 12.3. The van der Waals surface area contributed by atoms with Crippen molar-refractivity contribution < 1.29 is 41.9 Å². The van der Waals surface area contributed by atoms with Gasteiger partial charge >= 0.3 is 12.2 Å². The third-order valence-electron chi connectivity index (χ3n) is 5.68. The van der Waals surface area contributed by atoms with Crippen LogP contribution in [0.5, 0.6) is 0 Å². The molecule has 0 aromatic heterocycles. The van der Waals surface area contributed by atoms with Gasteiger partial charge in [0.15, 0.2) is 0 Å². The van der Waals surface area contributed by atoms with Crippen LogP contribution in [-0.2, 0) is 39.7 Å². The van der Waals surface area contributed by atoms with Crippen molar-refractivity contribution in [1.82, 2.24) is 14.7 Å². The number of allylic oxidation sites excluding steroid dienone is 1. The van der Waals surface area contributed by atoms with E-state index in [-0.39, 0.29) is 19.6 Å². The number of guanidine groups is 1. The molecule has 4 N–H and O–H groups in total. The molecule has 0 radical (unpaired) electrons. The van der Waals surface area contributed by atoms with Gasteiger partial charge in [-0.05, 0) is 66.5 Å². The van der Waals surface area contributed by atoms with Crippen molar-refractivity contribution in [3.63, 3.8) is 0 Å². The van der Waals surface area contributed by atoms with E-state index in [1.165, 1.54) is 19.1 Å². The normalized spacial score (nSPS) is 16.9. The Kier molecular flexibility index (Phi) is 12.1. The first-order chi connectivity index (χ1) is 20.6. The Labute approximate surface area is 263 Å². The number of hydroxylamine groups is 2. The van der Waals surface area contributed by atoms with Crippen LogP contribution in [0.2, 0.25) is 0 Å². The minimum atomic E-state index is -4.20. The first-order valence-corrected chi connectivity index (χ1v) is 15.7. The Bertz CT molecular complexity index is 1450. The molecule has 1 aliphatic heterocycles. The largest absolute Gasteiger partial charge is 0.443 e. The van der Waals surface area contributed by atoms with Crippen LogP contribution in [0.15, 0.2) is 47.5 Å². The summed E-state index contributed by atoms with van der Waals surface area (Å²) >= 11 is 0. The van der Waals surface area contributed by atoms with E-state index in [1.807, 2.05) is 0 Å². The molecule has 0 aliphatic carbocycles. The molecule has 0 spiro atoms. The number of benzene rings is 1. The van der Waals surface area contributed by atoms with Crippen molar-refractivity contribution >= 4 is 45.7 Å². The fourth-order valence-corrected chi connectivity index (χ4v) is 5.34. The van der Waals surface area contributed by atoms with Crippen LogP contribution in [0.25, 0.3) is 0 Å². The Hall–Kier alpha value is -4.15. The molecule has 1 aromatic rings. The van der Waals surface area contributed by atoms with E-state index in [1.54, 1.807) is 71.9 Å². The minimum absolute atomic E-state index is 0.0780. The van der Waals surface area contributed by atoms with E-state index in [2.05, 4.69) is 9.71 Å². The summed E-state index contributed by atoms with van der Waals surface area (Å²) in [6.45, 7) is 10.5. The number of ether oxygens (including phenoxy) is 2. The lowest BCUT2D eigenvalue weighted by atomic mass is 9.91. The quantitative estimate of drug-likeness (QED) is 0.138. The minimum Gasteiger partial charge on any atom is -0.443 e. The Morgan fingerprint density at radius 2 is 1.60 bits per heavy atom. The first kappa shape index (κ1) is 37.0. The molecule has 15 nitrogen and oxygen atoms in total. The van der Waals surface area contributed by atoms with Gasteiger partial charge in [-0.2, -0.15) is 4.72 Å². The number of hydrogen-bond donors (Lipinski definition) is 3. The summed E-state index contributed by atoms with van der Waals surface area (Å²) in [5.74, 6) is -3.12. The van der Waals surface area contributed by atoms with Gasteiger partial charge in [0.05, 0.1) is 18.8 Å². The zero-order valence-corrected chi connectivity index (χ0v) is 27.4. The summed E-state index contributed by atoms with van der Waals surface area (Å²) in [6.07, 6.45) is -0.343. The number of nitrogens with one attached hydrogen (secondary N) is 2. The van der Waals surface area contributed by atoms with Crippen LogP contribution in [0, 0.1) is 5.41 Å². The molecule has 45 heavy (non-hydrogen) atoms. The fraction of sp³-hybridized carbons (Fsp3) is 0.517. The molecule has 0 saturated carbocycles. The second kappa shape index (κ2) is 14.8. The number of hydrogen-bond acceptors (Lipinski definition) is 10. The highest BCUT2D eigenvalue weighted by atomic mass is 32.2. The van der Waals surface area contributed by atoms with Crippen LogP contribution < -0.4 is 10.5 Å². The molecule has 0 bridgehead atoms. The summed E-state index contributed by atoms with van der Waals surface area (Å²) in [7, 11) is -4.20. The number of dihydropyridines is 1. The van der Waals surface area contributed by atoms with Crippen LogP contribution in [0.1, 0.15) is 66.9 Å². The highest BCUT2D eigenvalue weighted by molar-refractivity contribution is 7.88. The molecule has 248 valence electrons. The molecular weight excluding hydrogens is 608 g/mol. The Morgan fingerprint density at radius 3 is 2.13 bits per heavy atom. The zero-order chi connectivity index (χ0) is 34.2. The molecule has 4 amide bonds. The summed E-state index contributed by atoms with van der Waals surface area (Å²) in [5, 5.41) is 8.04. The predicted molar refractivity (Wildman–Crippen MR) is 165 cm³/mol. The molecule has 1 heterocycles. The molecule has 1 aromatic carbocycles. The van der Waals surface area contributed by atoms with Gasteiger partial charge < -0.3 is 15.2 Å². The van der Waals surface area contributed by atoms with E-state index in [0.717, 1.165) is 0 Å². The zero-order valence-electron chi connectivity index (χ0n) is 26.6. The van der Waals surface area contributed by atoms with Crippen LogP contribution in [0.3, 0.4) is 0 Å². The first-order valence-electron chi connectivity index (χ1n) is 14.0. The average Bonchev–Trinajstić information content (AvgIpc) is 2.86. The third kappa shape index (κ3) is 12.0. The van der Waals surface area contributed by atoms with Gasteiger partial charge in [-0.25, -0.2) is 27.9 Å². The summed E-state index contributed by atoms with van der Waals surface area (Å²) in [4.78, 5) is 62.3. The molecule has 1 unspecified atom stereocenters. The van der Waals surface area contributed by atoms with Crippen LogP contribution >= 0.6 is 0 Å². The predicted octanol–water partition coefficient (Wildman–Crippen LogP) is 3.01. The van der Waals surface area contributed by atoms with Gasteiger partial charge in [-0.1, -0.05) is 36.4 Å². The van der Waals surface area contributed by atoms with Gasteiger partial charge in [0.25, 0.3) is 5.91 Å². The molecule has 1 aliphatic rings. The van der Waals surface area contributed by atoms with Gasteiger partial charge in [0.1, 0.15) is 16.7 Å². The molecule has 2 rings (SSSR count). The number of imide groups is 1. The Morgan fingerprint density at radius 1 is 1.02 bits per heavy atom. The number of amides is 4. The smallest absolute Gasteiger partial charge is 0.442 e. The maximum Gasteiger partial charge on any atom is 0.442 e. The fourth-order valence-electron chi connectivity index (χ4n) is 3.86. The SMILES string of the molecule is CC1=NC(=O)C(CC(=O)N(CCCON(C(=N)N)C(=O)OC(C)(C)C)C(=O)OC(C)(C)C)(NS(=O)(=O)Cc2ccccc2)C=C1. The number of sulfonamides is 1. The van der Waals surface area contributed by atoms with Crippen LogP contribution in [-0.4, -0.2) is 83.9 Å². The standard InChI is InChI=1S/C29H42N6O9S/c1-20-14-15-29(23(37)32-20,33-45(40,41)19-21-12-9-8-10-13-21)18-22(36)34(25(38)43-27(2,3)4)16-11-17-42-35(24(30)31)26(39)44-28(5,6)7/h8-10,12-15,33H,11,16-19H2,1-7H3,(H3,30,31). The van der Waals surface area contributed by atoms with Crippen molar-refractivity contribution in [2.75, 3.05) is 13.2 Å². The van der Waals surface area contributed by atoms with E-state index < -0.39 is 68.9 Å². The maximum atomic E-state index is 13.7. The second-order valence-corrected chi connectivity index (χ2v) is 14.0. The summed E-state index contributed by atoms with van der Waals surface area (Å²) in [5.41, 5.74) is 2.15. The summed E-state index contributed by atoms with van der Waals surface area (Å²) in [6, 6.07) is 8.24. The lowest BCUT2D eigenvalue weighted by molar-refractivity contribution is -0.135. The maximum absolute atomic E-state index is 13.7. The van der Waals surface area contributed by atoms with E-state index in [9.17, 15) is 27.6 Å². The monoisotopic (exact) mass is 650 g/mol. The van der Waals surface area contributed by atoms with Crippen molar-refractivity contribution in [3.8, 4) is 0 Å². The van der Waals surface area contributed by atoms with Gasteiger partial charge in [-0.3, -0.25) is 19.8 Å². The van der Waals surface area contributed by atoms with Gasteiger partial charge in [0.2, 0.25) is 21.9 Å². The van der Waals surface area contributed by atoms with Gasteiger partial charge in [0, 0.05) is 12.3 Å². The highest BCUT2D eigenvalue weighted by Gasteiger charge is 2.45. The molecule has 16 heteroatoms. The highest BCUT2D eigenvalue weighted by Crippen LogP contribution is 2.24. The number of nitrogens with zero attached hydrogens (tertiary/aromatic N) is 3. The number of nitrogens with two attached hydrogens (primary N) is 1. The van der Waals surface area contributed by atoms with Crippen molar-refractivity contribution in [3.05, 3.63) is 48.0 Å². The Balaban J connectivity index is 2.30. The number of aliphatic imine (C=N–C) groups is 1. The van der Waals surface area contributed by atoms with E-state index >= 15 is 0 Å². The average molecular weight is 651 g/mol. The molecule has 0 saturated heterocycles. The molecule has 1 atom stereocenters. The van der Waals surface area contributed by atoms with E-state index in [0.29, 0.717) is 21.2 Å². The summed E-state index contributed by atoms with van der Waals surface area (Å²) < 4.78 is 39.3. The van der Waals surface area contributed by atoms with Crippen molar-refractivity contribution in [2.24, 2.45) is 10.7 Å². The van der Waals surface area contributed by atoms with E-state index in [4.69, 9.17) is 25.5 Å². The third-order valence-corrected chi connectivity index (χ3v) is 7.06. The number of carbonyl (C=O) groups excluding carboxylic acids is 4. The molecule has 0 fully saturated rings. The lowest BCUT2D eigenvalue weighted by Crippen LogP contribution is -2.57. The van der Waals surface area contributed by atoms with Crippen molar-refractivity contribution in [1.29, 1.82) is 5.41 Å². The number of rotatable bonds is 11. The van der Waals surface area contributed by atoms with Crippen molar-refractivity contribution in [2.45, 2.75) is 83.8 Å². The van der Waals surface area contributed by atoms with Gasteiger partial charge in [-0.15, -0.1) is 5.06 Å². The lowest BCUT2D eigenvalue weighted by Gasteiger charge is -2.32. The van der Waals surface area contributed by atoms with Crippen LogP contribution in [0.4, 0.5) is 9.59 Å². The molecular formula is C29H42N6O9S.